The third-order valence-corrected chi connectivity index (χ3v) is 4.96. The molecule has 2 aromatic rings. The lowest BCUT2D eigenvalue weighted by Gasteiger charge is -2.40. The molecule has 4 nitrogen and oxygen atoms in total. The molecule has 0 saturated carbocycles. The summed E-state index contributed by atoms with van der Waals surface area (Å²) >= 11 is 6.48. The van der Waals surface area contributed by atoms with Gasteiger partial charge in [-0.3, -0.25) is 0 Å². The minimum atomic E-state index is -0.417. The van der Waals surface area contributed by atoms with Crippen LogP contribution in [-0.2, 0) is 16.8 Å². The molecule has 5 heteroatoms. The van der Waals surface area contributed by atoms with Crippen molar-refractivity contribution in [3.05, 3.63) is 34.5 Å². The maximum atomic E-state index is 9.26. The molecule has 0 spiro atoms. The van der Waals surface area contributed by atoms with Crippen LogP contribution in [0.1, 0.15) is 31.0 Å². The Morgan fingerprint density at radius 2 is 2.22 bits per heavy atom. The number of hydrogen-bond donors (Lipinski definition) is 2. The molecule has 1 aromatic heterocycles. The second-order valence-electron chi connectivity index (χ2n) is 6.91. The number of ether oxygens (including phenoxy) is 1. The van der Waals surface area contributed by atoms with E-state index in [2.05, 4.69) is 37.0 Å². The normalized spacial score (nSPS) is 24.3. The Morgan fingerprint density at radius 1 is 1.43 bits per heavy atom. The van der Waals surface area contributed by atoms with Crippen LogP contribution in [0.15, 0.2) is 18.2 Å². The SMILES string of the molecule is CN(C)CC1Cc2c([nH]c3cccc(Cl)c23)C(C)(CCCO)O1. The minimum Gasteiger partial charge on any atom is -0.396 e. The van der Waals surface area contributed by atoms with Crippen LogP contribution >= 0.6 is 11.6 Å². The van der Waals surface area contributed by atoms with Crippen LogP contribution in [0, 0.1) is 0 Å². The van der Waals surface area contributed by atoms with Crippen LogP contribution in [-0.4, -0.2) is 48.3 Å². The number of fused-ring (bicyclic) bond motifs is 3. The fraction of sp³-hybridized carbons (Fsp3) is 0.556. The third-order valence-electron chi connectivity index (χ3n) is 4.64. The molecule has 0 amide bonds. The third kappa shape index (κ3) is 3.13. The average Bonchev–Trinajstić information content (AvgIpc) is 2.85. The molecular weight excluding hydrogens is 312 g/mol. The Labute approximate surface area is 142 Å². The number of H-pyrrole nitrogens is 1. The number of aliphatic hydroxyl groups excluding tert-OH is 1. The highest BCUT2D eigenvalue weighted by Crippen LogP contribution is 2.43. The summed E-state index contributed by atoms with van der Waals surface area (Å²) in [6.07, 6.45) is 2.47. The lowest BCUT2D eigenvalue weighted by molar-refractivity contribution is -0.114. The minimum absolute atomic E-state index is 0.122. The molecule has 2 heterocycles. The van der Waals surface area contributed by atoms with Crippen molar-refractivity contribution < 1.29 is 9.84 Å². The van der Waals surface area contributed by atoms with Gasteiger partial charge in [0, 0.05) is 30.5 Å². The van der Waals surface area contributed by atoms with Gasteiger partial charge in [-0.2, -0.15) is 0 Å². The van der Waals surface area contributed by atoms with Gasteiger partial charge in [-0.05, 0) is 51.6 Å². The molecular formula is C18H25ClN2O2. The Kier molecular flexibility index (Phi) is 4.70. The Balaban J connectivity index is 2.10. The maximum absolute atomic E-state index is 9.26. The topological polar surface area (TPSA) is 48.5 Å². The summed E-state index contributed by atoms with van der Waals surface area (Å²) in [6, 6.07) is 5.97. The summed E-state index contributed by atoms with van der Waals surface area (Å²) in [5.74, 6) is 0. The van der Waals surface area contributed by atoms with Crippen LogP contribution in [0.4, 0.5) is 0 Å². The van der Waals surface area contributed by atoms with Gasteiger partial charge in [-0.25, -0.2) is 0 Å². The van der Waals surface area contributed by atoms with Crippen molar-refractivity contribution in [2.75, 3.05) is 27.2 Å². The number of benzene rings is 1. The molecule has 23 heavy (non-hydrogen) atoms. The highest BCUT2D eigenvalue weighted by Gasteiger charge is 2.40. The molecule has 3 rings (SSSR count). The lowest BCUT2D eigenvalue weighted by atomic mass is 9.87. The molecule has 0 radical (unpaired) electrons. The van der Waals surface area contributed by atoms with Crippen molar-refractivity contribution in [3.63, 3.8) is 0 Å². The summed E-state index contributed by atoms with van der Waals surface area (Å²) in [5.41, 5.74) is 3.03. The van der Waals surface area contributed by atoms with E-state index >= 15 is 0 Å². The van der Waals surface area contributed by atoms with Gasteiger partial charge < -0.3 is 19.7 Å². The number of aromatic nitrogens is 1. The molecule has 2 atom stereocenters. The van der Waals surface area contributed by atoms with Crippen LogP contribution in [0.5, 0.6) is 0 Å². The summed E-state index contributed by atoms with van der Waals surface area (Å²) in [6.45, 7) is 3.16. The molecule has 1 aliphatic heterocycles. The molecule has 0 fully saturated rings. The standard InChI is InChI=1S/C18H25ClN2O2/c1-18(8-5-9-22)17-13(10-12(23-18)11-21(2)3)16-14(19)6-4-7-15(16)20-17/h4,6-7,12,20,22H,5,8-11H2,1-3H3. The van der Waals surface area contributed by atoms with E-state index in [1.54, 1.807) is 0 Å². The van der Waals surface area contributed by atoms with Gasteiger partial charge >= 0.3 is 0 Å². The molecule has 1 aliphatic rings. The van der Waals surface area contributed by atoms with Crippen LogP contribution in [0.3, 0.4) is 0 Å². The fourth-order valence-corrected chi connectivity index (χ4v) is 4.02. The number of nitrogens with one attached hydrogen (secondary N) is 1. The monoisotopic (exact) mass is 336 g/mol. The number of likely N-dealkylation sites (N-methyl/N-ethyl adjacent to an activating group) is 1. The molecule has 0 bridgehead atoms. The van der Waals surface area contributed by atoms with Crippen molar-refractivity contribution in [3.8, 4) is 0 Å². The Hall–Kier alpha value is -1.07. The average molecular weight is 337 g/mol. The fourth-order valence-electron chi connectivity index (χ4n) is 3.73. The first-order valence-electron chi connectivity index (χ1n) is 8.17. The second-order valence-corrected chi connectivity index (χ2v) is 7.31. The molecule has 0 aliphatic carbocycles. The van der Waals surface area contributed by atoms with Gasteiger partial charge in [0.1, 0.15) is 5.60 Å². The molecule has 1 aromatic carbocycles. The van der Waals surface area contributed by atoms with E-state index in [0.717, 1.165) is 41.0 Å². The van der Waals surface area contributed by atoms with Gasteiger partial charge in [0.2, 0.25) is 0 Å². The highest BCUT2D eigenvalue weighted by molar-refractivity contribution is 6.35. The largest absolute Gasteiger partial charge is 0.396 e. The van der Waals surface area contributed by atoms with E-state index in [0.29, 0.717) is 6.42 Å². The summed E-state index contributed by atoms with van der Waals surface area (Å²) in [7, 11) is 4.12. The molecule has 126 valence electrons. The Bertz CT molecular complexity index is 698. The van der Waals surface area contributed by atoms with E-state index in [1.165, 1.54) is 5.56 Å². The summed E-state index contributed by atoms with van der Waals surface area (Å²) in [4.78, 5) is 5.68. The molecule has 2 N–H and O–H groups in total. The number of halogens is 1. The molecule has 2 unspecified atom stereocenters. The summed E-state index contributed by atoms with van der Waals surface area (Å²) in [5, 5.41) is 11.2. The van der Waals surface area contributed by atoms with Crippen molar-refractivity contribution in [2.45, 2.75) is 37.9 Å². The number of nitrogens with zero attached hydrogens (tertiary/aromatic N) is 1. The van der Waals surface area contributed by atoms with E-state index in [9.17, 15) is 5.11 Å². The highest BCUT2D eigenvalue weighted by atomic mass is 35.5. The van der Waals surface area contributed by atoms with Gasteiger partial charge in [0.05, 0.1) is 16.8 Å². The van der Waals surface area contributed by atoms with Gasteiger partial charge in [0.25, 0.3) is 0 Å². The zero-order valence-electron chi connectivity index (χ0n) is 14.0. The molecule has 0 saturated heterocycles. The quantitative estimate of drug-likeness (QED) is 0.880. The Morgan fingerprint density at radius 3 is 2.91 bits per heavy atom. The second kappa shape index (κ2) is 6.44. The van der Waals surface area contributed by atoms with Gasteiger partial charge in [-0.1, -0.05) is 17.7 Å². The first-order chi connectivity index (χ1) is 10.9. The van der Waals surface area contributed by atoms with Crippen molar-refractivity contribution in [1.82, 2.24) is 9.88 Å². The van der Waals surface area contributed by atoms with E-state index in [4.69, 9.17) is 16.3 Å². The predicted octanol–water partition coefficient (Wildman–Crippen LogP) is 3.31. The number of hydrogen-bond acceptors (Lipinski definition) is 3. The first-order valence-corrected chi connectivity index (χ1v) is 8.55. The number of rotatable bonds is 5. The van der Waals surface area contributed by atoms with Gasteiger partial charge in [-0.15, -0.1) is 0 Å². The van der Waals surface area contributed by atoms with Crippen LogP contribution in [0.2, 0.25) is 5.02 Å². The summed E-state index contributed by atoms with van der Waals surface area (Å²) < 4.78 is 6.46. The van der Waals surface area contributed by atoms with Crippen molar-refractivity contribution >= 4 is 22.5 Å². The predicted molar refractivity (Wildman–Crippen MR) is 94.1 cm³/mol. The smallest absolute Gasteiger partial charge is 0.106 e. The van der Waals surface area contributed by atoms with Crippen molar-refractivity contribution in [1.29, 1.82) is 0 Å². The maximum Gasteiger partial charge on any atom is 0.106 e. The number of aliphatic hydroxyl groups is 1. The van der Waals surface area contributed by atoms with Crippen LogP contribution < -0.4 is 0 Å². The number of aromatic amines is 1. The van der Waals surface area contributed by atoms with E-state index in [-0.39, 0.29) is 12.7 Å². The van der Waals surface area contributed by atoms with Gasteiger partial charge in [0.15, 0.2) is 0 Å². The lowest BCUT2D eigenvalue weighted by Crippen LogP contribution is -2.42. The first kappa shape index (κ1) is 16.8. The zero-order valence-corrected chi connectivity index (χ0v) is 14.8. The van der Waals surface area contributed by atoms with E-state index in [1.807, 2.05) is 12.1 Å². The van der Waals surface area contributed by atoms with Crippen LogP contribution in [0.25, 0.3) is 10.9 Å². The van der Waals surface area contributed by atoms with E-state index < -0.39 is 5.60 Å². The zero-order chi connectivity index (χ0) is 16.6. The van der Waals surface area contributed by atoms with Crippen molar-refractivity contribution in [2.24, 2.45) is 0 Å².